The normalized spacial score (nSPS) is 16.6. The molecular weight excluding hydrogens is 394 g/mol. The highest BCUT2D eigenvalue weighted by Gasteiger charge is 2.32. The van der Waals surface area contributed by atoms with Gasteiger partial charge in [0.05, 0.1) is 15.6 Å². The number of amidine groups is 1. The lowest BCUT2D eigenvalue weighted by molar-refractivity contribution is -0.121. The number of thioether (sulfide) groups is 1. The molecule has 0 bridgehead atoms. The molecule has 5 nitrogen and oxygen atoms in total. The van der Waals surface area contributed by atoms with Crippen molar-refractivity contribution < 1.29 is 9.53 Å². The minimum absolute atomic E-state index is 0.124. The number of benzene rings is 1. The van der Waals surface area contributed by atoms with Crippen LogP contribution in [0.25, 0.3) is 6.08 Å². The zero-order valence-electron chi connectivity index (χ0n) is 15.0. The smallest absolute Gasteiger partial charge is 0.267 e. The summed E-state index contributed by atoms with van der Waals surface area (Å²) in [5, 5.41) is 0.976. The van der Waals surface area contributed by atoms with Crippen LogP contribution in [0.1, 0.15) is 5.56 Å². The van der Waals surface area contributed by atoms with Gasteiger partial charge in [-0.1, -0.05) is 42.5 Å². The molecule has 1 aromatic heterocycles. The van der Waals surface area contributed by atoms with Gasteiger partial charge in [0, 0.05) is 18.9 Å². The van der Waals surface area contributed by atoms with Gasteiger partial charge in [-0.25, -0.2) is 4.99 Å². The molecule has 7 heteroatoms. The lowest BCUT2D eigenvalue weighted by Crippen LogP contribution is -2.29. The Kier molecular flexibility index (Phi) is 6.68. The van der Waals surface area contributed by atoms with E-state index in [1.165, 1.54) is 18.0 Å². The average molecular weight is 412 g/mol. The van der Waals surface area contributed by atoms with Crippen LogP contribution in [0.4, 0.5) is 5.69 Å². The summed E-state index contributed by atoms with van der Waals surface area (Å²) in [6.07, 6.45) is 8.31. The van der Waals surface area contributed by atoms with Gasteiger partial charge >= 0.3 is 0 Å². The summed E-state index contributed by atoms with van der Waals surface area (Å²) in [6.45, 7) is 8.16. The van der Waals surface area contributed by atoms with Crippen molar-refractivity contribution in [2.45, 2.75) is 0 Å². The van der Waals surface area contributed by atoms with Crippen molar-refractivity contribution in [1.82, 2.24) is 9.88 Å². The molecule has 3 rings (SSSR count). The van der Waals surface area contributed by atoms with Gasteiger partial charge in [0.25, 0.3) is 5.91 Å². The summed E-state index contributed by atoms with van der Waals surface area (Å²) >= 11 is 7.45. The third kappa shape index (κ3) is 4.71. The molecule has 0 atom stereocenters. The van der Waals surface area contributed by atoms with E-state index in [2.05, 4.69) is 23.1 Å². The third-order valence-corrected chi connectivity index (χ3v) is 5.01. The number of hydrogen-bond donors (Lipinski definition) is 0. The van der Waals surface area contributed by atoms with E-state index < -0.39 is 0 Å². The van der Waals surface area contributed by atoms with Gasteiger partial charge in [0.15, 0.2) is 5.17 Å². The van der Waals surface area contributed by atoms with Gasteiger partial charge in [0.2, 0.25) is 0 Å². The number of rotatable bonds is 7. The Bertz CT molecular complexity index is 954. The quantitative estimate of drug-likeness (QED) is 0.470. The lowest BCUT2D eigenvalue weighted by atomic mass is 10.2. The fraction of sp³-hybridized carbons (Fsp3) is 0.0952. The van der Waals surface area contributed by atoms with Crippen LogP contribution in [-0.4, -0.2) is 34.1 Å². The number of halogens is 1. The summed E-state index contributed by atoms with van der Waals surface area (Å²) in [5.74, 6) is 0.621. The van der Waals surface area contributed by atoms with Gasteiger partial charge in [-0.3, -0.25) is 14.7 Å². The first-order chi connectivity index (χ1) is 13.6. The molecule has 142 valence electrons. The van der Waals surface area contributed by atoms with E-state index in [-0.39, 0.29) is 5.91 Å². The molecule has 1 aliphatic heterocycles. The molecule has 0 saturated carbocycles. The predicted octanol–water partition coefficient (Wildman–Crippen LogP) is 5.09. The fourth-order valence-electron chi connectivity index (χ4n) is 2.41. The molecule has 1 aromatic carbocycles. The average Bonchev–Trinajstić information content (AvgIpc) is 2.98. The third-order valence-electron chi connectivity index (χ3n) is 3.71. The van der Waals surface area contributed by atoms with E-state index in [9.17, 15) is 4.79 Å². The molecule has 1 amide bonds. The van der Waals surface area contributed by atoms with Gasteiger partial charge in [0.1, 0.15) is 12.4 Å². The second kappa shape index (κ2) is 9.39. The molecule has 28 heavy (non-hydrogen) atoms. The van der Waals surface area contributed by atoms with E-state index in [1.54, 1.807) is 29.3 Å². The highest BCUT2D eigenvalue weighted by atomic mass is 35.5. The molecule has 1 saturated heterocycles. The van der Waals surface area contributed by atoms with Crippen molar-refractivity contribution >= 4 is 46.2 Å². The molecule has 2 heterocycles. The van der Waals surface area contributed by atoms with Crippen molar-refractivity contribution in [2.75, 3.05) is 13.2 Å². The van der Waals surface area contributed by atoms with Gasteiger partial charge in [-0.15, -0.1) is 6.58 Å². The molecular formula is C21H18ClN3O2S. The molecule has 1 aliphatic rings. The van der Waals surface area contributed by atoms with E-state index in [4.69, 9.17) is 16.3 Å². The molecule has 0 radical (unpaired) electrons. The Morgan fingerprint density at radius 3 is 2.68 bits per heavy atom. The van der Waals surface area contributed by atoms with Crippen molar-refractivity contribution in [3.63, 3.8) is 0 Å². The second-order valence-electron chi connectivity index (χ2n) is 5.71. The SMILES string of the molecule is C=CCOc1ccc(/C=C2\SC(=Nc3ccncc3Cl)N(CC=C)C2=O)cc1. The maximum absolute atomic E-state index is 12.8. The van der Waals surface area contributed by atoms with Crippen LogP contribution in [0, 0.1) is 0 Å². The van der Waals surface area contributed by atoms with Gasteiger partial charge < -0.3 is 4.74 Å². The Balaban J connectivity index is 1.87. The first-order valence-electron chi connectivity index (χ1n) is 8.46. The summed E-state index contributed by atoms with van der Waals surface area (Å²) in [7, 11) is 0. The fourth-order valence-corrected chi connectivity index (χ4v) is 3.57. The van der Waals surface area contributed by atoms with Crippen LogP contribution in [0.15, 0.2) is 77.9 Å². The number of aliphatic imine (C=N–C) groups is 1. The Morgan fingerprint density at radius 2 is 2.00 bits per heavy atom. The topological polar surface area (TPSA) is 54.8 Å². The highest BCUT2D eigenvalue weighted by molar-refractivity contribution is 8.18. The number of carbonyl (C=O) groups excluding carboxylic acids is 1. The summed E-state index contributed by atoms with van der Waals surface area (Å²) in [4.78, 5) is 23.5. The molecule has 0 aliphatic carbocycles. The van der Waals surface area contributed by atoms with Crippen molar-refractivity contribution in [3.8, 4) is 5.75 Å². The lowest BCUT2D eigenvalue weighted by Gasteiger charge is -2.12. The first kappa shape index (κ1) is 19.9. The monoisotopic (exact) mass is 411 g/mol. The van der Waals surface area contributed by atoms with Crippen LogP contribution >= 0.6 is 23.4 Å². The van der Waals surface area contributed by atoms with Crippen molar-refractivity contribution in [1.29, 1.82) is 0 Å². The van der Waals surface area contributed by atoms with Crippen LogP contribution in [-0.2, 0) is 4.79 Å². The molecule has 1 fully saturated rings. The van der Waals surface area contributed by atoms with Crippen molar-refractivity contribution in [2.24, 2.45) is 4.99 Å². The molecule has 0 spiro atoms. The number of aromatic nitrogens is 1. The number of pyridine rings is 1. The van der Waals surface area contributed by atoms with Crippen LogP contribution in [0.5, 0.6) is 5.75 Å². The van der Waals surface area contributed by atoms with E-state index in [1.807, 2.05) is 30.3 Å². The number of carbonyl (C=O) groups is 1. The molecule has 0 unspecified atom stereocenters. The number of nitrogens with zero attached hydrogens (tertiary/aromatic N) is 3. The second-order valence-corrected chi connectivity index (χ2v) is 7.12. The van der Waals surface area contributed by atoms with E-state index in [0.717, 1.165) is 11.3 Å². The predicted molar refractivity (Wildman–Crippen MR) is 116 cm³/mol. The Labute approximate surface area is 173 Å². The van der Waals surface area contributed by atoms with E-state index >= 15 is 0 Å². The molecule has 0 N–H and O–H groups in total. The van der Waals surface area contributed by atoms with Gasteiger partial charge in [-0.05, 0) is 41.6 Å². The minimum Gasteiger partial charge on any atom is -0.490 e. The summed E-state index contributed by atoms with van der Waals surface area (Å²) in [6, 6.07) is 9.20. The summed E-state index contributed by atoms with van der Waals surface area (Å²) < 4.78 is 5.48. The van der Waals surface area contributed by atoms with Crippen LogP contribution in [0.3, 0.4) is 0 Å². The number of ether oxygens (including phenoxy) is 1. The van der Waals surface area contributed by atoms with Crippen LogP contribution in [0.2, 0.25) is 5.02 Å². The maximum Gasteiger partial charge on any atom is 0.267 e. The number of hydrogen-bond acceptors (Lipinski definition) is 5. The zero-order chi connectivity index (χ0) is 19.9. The van der Waals surface area contributed by atoms with Gasteiger partial charge in [-0.2, -0.15) is 0 Å². The Morgan fingerprint density at radius 1 is 1.21 bits per heavy atom. The maximum atomic E-state index is 12.8. The Hall–Kier alpha value is -2.83. The van der Waals surface area contributed by atoms with Crippen LogP contribution < -0.4 is 4.74 Å². The standard InChI is InChI=1S/C21H18ClN3O2S/c1-3-11-25-20(26)19(13-15-5-7-16(8-6-15)27-12-4-2)28-21(25)24-18-9-10-23-14-17(18)22/h3-10,13-14H,1-2,11-12H2/b19-13-,24-21?. The van der Waals surface area contributed by atoms with E-state index in [0.29, 0.717) is 33.9 Å². The highest BCUT2D eigenvalue weighted by Crippen LogP contribution is 2.35. The zero-order valence-corrected chi connectivity index (χ0v) is 16.6. The van der Waals surface area contributed by atoms with Crippen molar-refractivity contribution in [3.05, 3.63) is 83.5 Å². The minimum atomic E-state index is -0.124. The summed E-state index contributed by atoms with van der Waals surface area (Å²) in [5.41, 5.74) is 1.45. The first-order valence-corrected chi connectivity index (χ1v) is 9.66. The number of amides is 1. The largest absolute Gasteiger partial charge is 0.490 e. The molecule has 2 aromatic rings.